The summed E-state index contributed by atoms with van der Waals surface area (Å²) < 4.78 is 10.8. The summed E-state index contributed by atoms with van der Waals surface area (Å²) >= 11 is 0. The fourth-order valence-electron chi connectivity index (χ4n) is 2.39. The molecule has 4 heterocycles. The van der Waals surface area contributed by atoms with Crippen LogP contribution in [0, 0.1) is 0 Å². The first-order chi connectivity index (χ1) is 10.8. The van der Waals surface area contributed by atoms with Crippen molar-refractivity contribution in [3.8, 4) is 0 Å². The maximum Gasteiger partial charge on any atom is 0.258 e. The van der Waals surface area contributed by atoms with Gasteiger partial charge in [0, 0.05) is 11.8 Å². The number of aromatic nitrogens is 1. The Balaban J connectivity index is 1.92. The molecule has 0 saturated carbocycles. The van der Waals surface area contributed by atoms with Gasteiger partial charge in [-0.3, -0.25) is 9.79 Å². The largest absolute Gasteiger partial charge is 0.466 e. The summed E-state index contributed by atoms with van der Waals surface area (Å²) in [6.45, 7) is 0. The van der Waals surface area contributed by atoms with Crippen LogP contribution in [0.25, 0.3) is 0 Å². The Morgan fingerprint density at radius 1 is 1.05 bits per heavy atom. The van der Waals surface area contributed by atoms with Gasteiger partial charge in [-0.2, -0.15) is 0 Å². The average molecular weight is 293 g/mol. The molecule has 3 aromatic rings. The van der Waals surface area contributed by atoms with Gasteiger partial charge in [0.25, 0.3) is 5.91 Å². The number of amides is 1. The molecule has 4 rings (SSSR count). The highest BCUT2D eigenvalue weighted by Gasteiger charge is 2.30. The minimum Gasteiger partial charge on any atom is -0.466 e. The fraction of sp³-hybridized carbons (Fsp3) is 0.0625. The topological polar surface area (TPSA) is 80.6 Å². The summed E-state index contributed by atoms with van der Waals surface area (Å²) in [5, 5.41) is 2.79. The van der Waals surface area contributed by atoms with E-state index < -0.39 is 6.04 Å². The van der Waals surface area contributed by atoms with E-state index >= 15 is 0 Å². The SMILES string of the molecule is O=C1Nc2ncccc2C(c2ccco2)=NC1c1ccco1. The summed E-state index contributed by atoms with van der Waals surface area (Å²) in [6.07, 6.45) is 4.70. The Hall–Kier alpha value is -3.15. The van der Waals surface area contributed by atoms with Crippen LogP contribution in [0.3, 0.4) is 0 Å². The molecule has 0 aromatic carbocycles. The van der Waals surface area contributed by atoms with Gasteiger partial charge in [-0.15, -0.1) is 0 Å². The van der Waals surface area contributed by atoms with Gasteiger partial charge >= 0.3 is 0 Å². The normalized spacial score (nSPS) is 17.4. The van der Waals surface area contributed by atoms with Gasteiger partial charge in [0.1, 0.15) is 17.3 Å². The van der Waals surface area contributed by atoms with E-state index in [4.69, 9.17) is 8.83 Å². The Morgan fingerprint density at radius 2 is 1.91 bits per heavy atom. The molecular formula is C16H11N3O3. The standard InChI is InChI=1S/C16H11N3O3/c20-16-14(12-6-3-9-22-12)18-13(11-5-2-8-21-11)10-4-1-7-17-15(10)19-16/h1-9,14H,(H,17,19,20). The zero-order chi connectivity index (χ0) is 14.9. The minimum atomic E-state index is -0.788. The van der Waals surface area contributed by atoms with Crippen LogP contribution < -0.4 is 5.32 Å². The maximum absolute atomic E-state index is 12.4. The Labute approximate surface area is 125 Å². The average Bonchev–Trinajstić information content (AvgIpc) is 3.20. The van der Waals surface area contributed by atoms with Crippen LogP contribution in [-0.2, 0) is 4.79 Å². The number of pyridine rings is 1. The zero-order valence-electron chi connectivity index (χ0n) is 11.4. The minimum absolute atomic E-state index is 0.295. The number of anilines is 1. The van der Waals surface area contributed by atoms with Gasteiger partial charge in [0.15, 0.2) is 11.8 Å². The van der Waals surface area contributed by atoms with E-state index in [9.17, 15) is 4.79 Å². The molecule has 1 aliphatic rings. The first-order valence-corrected chi connectivity index (χ1v) is 6.74. The number of furan rings is 2. The van der Waals surface area contributed by atoms with Crippen molar-refractivity contribution in [3.63, 3.8) is 0 Å². The van der Waals surface area contributed by atoms with Crippen molar-refractivity contribution in [2.24, 2.45) is 4.99 Å². The second-order valence-corrected chi connectivity index (χ2v) is 4.76. The third-order valence-corrected chi connectivity index (χ3v) is 3.38. The summed E-state index contributed by atoms with van der Waals surface area (Å²) in [5.41, 5.74) is 1.27. The number of nitrogens with zero attached hydrogens (tertiary/aromatic N) is 2. The maximum atomic E-state index is 12.4. The predicted octanol–water partition coefficient (Wildman–Crippen LogP) is 2.80. The molecule has 6 heteroatoms. The van der Waals surface area contributed by atoms with Crippen LogP contribution in [0.5, 0.6) is 0 Å². The lowest BCUT2D eigenvalue weighted by Gasteiger charge is -2.07. The van der Waals surface area contributed by atoms with Crippen molar-refractivity contribution < 1.29 is 13.6 Å². The van der Waals surface area contributed by atoms with Crippen LogP contribution in [0.15, 0.2) is 68.9 Å². The molecule has 1 N–H and O–H groups in total. The number of hydrogen-bond acceptors (Lipinski definition) is 5. The molecule has 0 radical (unpaired) electrons. The molecule has 108 valence electrons. The second-order valence-electron chi connectivity index (χ2n) is 4.76. The lowest BCUT2D eigenvalue weighted by molar-refractivity contribution is -0.117. The molecule has 0 bridgehead atoms. The smallest absolute Gasteiger partial charge is 0.258 e. The second kappa shape index (κ2) is 5.00. The van der Waals surface area contributed by atoms with Gasteiger partial charge in [-0.05, 0) is 36.4 Å². The van der Waals surface area contributed by atoms with Crippen LogP contribution in [0.1, 0.15) is 23.1 Å². The molecule has 6 nitrogen and oxygen atoms in total. The van der Waals surface area contributed by atoms with E-state index in [1.807, 2.05) is 6.07 Å². The molecule has 0 fully saturated rings. The van der Waals surface area contributed by atoms with E-state index in [1.54, 1.807) is 42.8 Å². The molecule has 0 spiro atoms. The highest BCUT2D eigenvalue weighted by molar-refractivity contribution is 6.17. The number of hydrogen-bond donors (Lipinski definition) is 1. The van der Waals surface area contributed by atoms with E-state index in [0.29, 0.717) is 28.6 Å². The Morgan fingerprint density at radius 3 is 2.68 bits per heavy atom. The first kappa shape index (κ1) is 12.6. The summed E-state index contributed by atoms with van der Waals surface area (Å²) in [7, 11) is 0. The van der Waals surface area contributed by atoms with Crippen molar-refractivity contribution in [2.75, 3.05) is 5.32 Å². The highest BCUT2D eigenvalue weighted by atomic mass is 16.3. The Bertz CT molecular complexity index is 835. The van der Waals surface area contributed by atoms with Crippen LogP contribution in [-0.4, -0.2) is 16.6 Å². The van der Waals surface area contributed by atoms with Crippen LogP contribution >= 0.6 is 0 Å². The Kier molecular flexibility index (Phi) is 2.86. The molecule has 22 heavy (non-hydrogen) atoms. The van der Waals surface area contributed by atoms with Crippen LogP contribution in [0.4, 0.5) is 5.82 Å². The molecule has 1 unspecified atom stereocenters. The van der Waals surface area contributed by atoms with Crippen molar-refractivity contribution in [1.82, 2.24) is 4.98 Å². The van der Waals surface area contributed by atoms with E-state index in [0.717, 1.165) is 0 Å². The van der Waals surface area contributed by atoms with Crippen molar-refractivity contribution in [3.05, 3.63) is 72.2 Å². The molecule has 0 saturated heterocycles. The van der Waals surface area contributed by atoms with Crippen molar-refractivity contribution in [2.45, 2.75) is 6.04 Å². The quantitative estimate of drug-likeness (QED) is 0.787. The van der Waals surface area contributed by atoms with Crippen LogP contribution in [0.2, 0.25) is 0 Å². The number of nitrogens with one attached hydrogen (secondary N) is 1. The third-order valence-electron chi connectivity index (χ3n) is 3.38. The van der Waals surface area contributed by atoms with E-state index in [2.05, 4.69) is 15.3 Å². The molecule has 1 amide bonds. The number of rotatable bonds is 2. The van der Waals surface area contributed by atoms with Gasteiger partial charge in [0.05, 0.1) is 12.5 Å². The lowest BCUT2D eigenvalue weighted by atomic mass is 10.1. The zero-order valence-corrected chi connectivity index (χ0v) is 11.4. The van der Waals surface area contributed by atoms with Gasteiger partial charge in [0.2, 0.25) is 0 Å². The number of aliphatic imine (C=N–C) groups is 1. The number of carbonyl (C=O) groups is 1. The van der Waals surface area contributed by atoms with E-state index in [1.165, 1.54) is 6.26 Å². The van der Waals surface area contributed by atoms with Gasteiger partial charge < -0.3 is 14.2 Å². The fourth-order valence-corrected chi connectivity index (χ4v) is 2.39. The first-order valence-electron chi connectivity index (χ1n) is 6.74. The lowest BCUT2D eigenvalue weighted by Crippen LogP contribution is -2.18. The predicted molar refractivity (Wildman–Crippen MR) is 78.7 cm³/mol. The van der Waals surface area contributed by atoms with E-state index in [-0.39, 0.29) is 5.91 Å². The monoisotopic (exact) mass is 293 g/mol. The highest BCUT2D eigenvalue weighted by Crippen LogP contribution is 2.28. The van der Waals surface area contributed by atoms with Gasteiger partial charge in [-0.25, -0.2) is 4.98 Å². The number of carbonyl (C=O) groups excluding carboxylic acids is 1. The molecule has 0 aliphatic carbocycles. The number of fused-ring (bicyclic) bond motifs is 1. The third kappa shape index (κ3) is 2.01. The molecule has 3 aromatic heterocycles. The molecule has 1 aliphatic heterocycles. The van der Waals surface area contributed by atoms with Crippen molar-refractivity contribution in [1.29, 1.82) is 0 Å². The molecular weight excluding hydrogens is 282 g/mol. The van der Waals surface area contributed by atoms with Gasteiger partial charge in [-0.1, -0.05) is 0 Å². The summed E-state index contributed by atoms with van der Waals surface area (Å²) in [6, 6.07) is 9.85. The van der Waals surface area contributed by atoms with Crippen molar-refractivity contribution >= 4 is 17.4 Å². The molecule has 1 atom stereocenters. The summed E-state index contributed by atoms with van der Waals surface area (Å²) in [5.74, 6) is 1.20. The summed E-state index contributed by atoms with van der Waals surface area (Å²) in [4.78, 5) is 21.2.